The first-order valence-corrected chi connectivity index (χ1v) is 10.5. The van der Waals surface area contributed by atoms with Gasteiger partial charge in [-0.25, -0.2) is 0 Å². The first kappa shape index (κ1) is 21.0. The van der Waals surface area contributed by atoms with Crippen molar-refractivity contribution in [1.29, 1.82) is 0 Å². The second-order valence-electron chi connectivity index (χ2n) is 8.33. The second-order valence-corrected chi connectivity index (χ2v) is 8.33. The van der Waals surface area contributed by atoms with Gasteiger partial charge in [-0.15, -0.1) is 0 Å². The Morgan fingerprint density at radius 2 is 1.62 bits per heavy atom. The lowest BCUT2D eigenvalue weighted by Crippen LogP contribution is -2.42. The molecule has 3 rings (SSSR count). The number of carbonyl (C=O) groups excluding carboxylic acids is 1. The molecule has 1 amide bonds. The molecule has 154 valence electrons. The Hall–Kier alpha value is -2.75. The molecule has 1 heterocycles. The average molecular weight is 393 g/mol. The number of piperidine rings is 1. The summed E-state index contributed by atoms with van der Waals surface area (Å²) in [5, 5.41) is 9.68. The van der Waals surface area contributed by atoms with Gasteiger partial charge in [0.2, 0.25) is 0 Å². The van der Waals surface area contributed by atoms with Crippen molar-refractivity contribution >= 4 is 17.7 Å². The highest BCUT2D eigenvalue weighted by molar-refractivity contribution is 5.94. The number of phenolic OH excluding ortho intramolecular Hbond substituents is 1. The van der Waals surface area contributed by atoms with Gasteiger partial charge in [-0.2, -0.15) is 0 Å². The third kappa shape index (κ3) is 5.20. The number of hydrogen-bond donors (Lipinski definition) is 1. The van der Waals surface area contributed by atoms with E-state index >= 15 is 0 Å². The number of hydrogen-bond acceptors (Lipinski definition) is 3. The Labute approximate surface area is 174 Å². The number of amides is 1. The zero-order chi connectivity index (χ0) is 21.0. The molecule has 0 unspecified atom stereocenters. The molecule has 2 aromatic rings. The predicted octanol–water partition coefficient (Wildman–Crippen LogP) is 5.34. The molecule has 4 heteroatoms. The van der Waals surface area contributed by atoms with E-state index in [4.69, 9.17) is 0 Å². The zero-order valence-corrected chi connectivity index (χ0v) is 17.9. The van der Waals surface area contributed by atoms with Crippen molar-refractivity contribution in [3.63, 3.8) is 0 Å². The summed E-state index contributed by atoms with van der Waals surface area (Å²) in [7, 11) is 0. The van der Waals surface area contributed by atoms with Crippen molar-refractivity contribution in [3.8, 4) is 5.75 Å². The molecule has 29 heavy (non-hydrogen) atoms. The van der Waals surface area contributed by atoms with E-state index in [1.165, 1.54) is 5.57 Å². The summed E-state index contributed by atoms with van der Waals surface area (Å²) in [6, 6.07) is 15.8. The summed E-state index contributed by atoms with van der Waals surface area (Å²) in [4.78, 5) is 17.0. The molecule has 0 bridgehead atoms. The van der Waals surface area contributed by atoms with Crippen LogP contribution in [0, 0.1) is 0 Å². The number of benzene rings is 2. The third-order valence-corrected chi connectivity index (χ3v) is 5.48. The molecule has 1 saturated heterocycles. The summed E-state index contributed by atoms with van der Waals surface area (Å²) in [5.41, 5.74) is 4.38. The van der Waals surface area contributed by atoms with Crippen LogP contribution in [0.2, 0.25) is 0 Å². The van der Waals surface area contributed by atoms with E-state index < -0.39 is 0 Å². The minimum absolute atomic E-state index is 0.0913. The van der Waals surface area contributed by atoms with Crippen LogP contribution >= 0.6 is 0 Å². The van der Waals surface area contributed by atoms with E-state index in [0.717, 1.165) is 42.7 Å². The lowest BCUT2D eigenvalue weighted by Gasteiger charge is -2.31. The van der Waals surface area contributed by atoms with Crippen molar-refractivity contribution in [1.82, 2.24) is 4.90 Å². The molecule has 0 saturated carbocycles. The topological polar surface area (TPSA) is 43.8 Å². The van der Waals surface area contributed by atoms with E-state index in [2.05, 4.69) is 38.7 Å². The normalized spacial score (nSPS) is 14.4. The lowest BCUT2D eigenvalue weighted by molar-refractivity contribution is 0.0643. The monoisotopic (exact) mass is 392 g/mol. The van der Waals surface area contributed by atoms with Gasteiger partial charge in [-0.05, 0) is 70.4 Å². The van der Waals surface area contributed by atoms with Crippen molar-refractivity contribution in [2.45, 2.75) is 52.6 Å². The summed E-state index contributed by atoms with van der Waals surface area (Å²) in [6.07, 6.45) is 4.26. The highest BCUT2D eigenvalue weighted by Gasteiger charge is 2.21. The fraction of sp³-hybridized carbons (Fsp3) is 0.400. The van der Waals surface area contributed by atoms with Gasteiger partial charge in [0, 0.05) is 42.5 Å². The summed E-state index contributed by atoms with van der Waals surface area (Å²) in [6.45, 7) is 10.1. The van der Waals surface area contributed by atoms with Crippen molar-refractivity contribution in [2.24, 2.45) is 0 Å². The minimum Gasteiger partial charge on any atom is -0.508 e. The SMILES string of the molecule is CC(C)N(C(=O)c1ccc(C=C2CCN(c3cccc(O)c3)CC2)cc1)C(C)C. The van der Waals surface area contributed by atoms with E-state index in [0.29, 0.717) is 5.75 Å². The van der Waals surface area contributed by atoms with Gasteiger partial charge >= 0.3 is 0 Å². The molecule has 4 nitrogen and oxygen atoms in total. The van der Waals surface area contributed by atoms with E-state index in [9.17, 15) is 9.90 Å². The second kappa shape index (κ2) is 9.17. The number of carbonyl (C=O) groups is 1. The molecule has 1 N–H and O–H groups in total. The van der Waals surface area contributed by atoms with Crippen LogP contribution in [0.3, 0.4) is 0 Å². The molecule has 1 aliphatic rings. The standard InChI is InChI=1S/C25H32N2O2/c1-18(2)27(19(3)4)25(29)22-10-8-20(9-11-22)16-21-12-14-26(15-13-21)23-6-5-7-24(28)17-23/h5-11,16-19,28H,12-15H2,1-4H3. The van der Waals surface area contributed by atoms with E-state index in [1.54, 1.807) is 6.07 Å². The summed E-state index contributed by atoms with van der Waals surface area (Å²) >= 11 is 0. The maximum absolute atomic E-state index is 12.8. The van der Waals surface area contributed by atoms with Gasteiger partial charge < -0.3 is 14.9 Å². The number of rotatable bonds is 5. The van der Waals surface area contributed by atoms with Gasteiger partial charge in [-0.3, -0.25) is 4.79 Å². The highest BCUT2D eigenvalue weighted by Crippen LogP contribution is 2.26. The summed E-state index contributed by atoms with van der Waals surface area (Å²) in [5.74, 6) is 0.403. The molecular formula is C25H32N2O2. The molecule has 1 fully saturated rings. The number of aromatic hydroxyl groups is 1. The van der Waals surface area contributed by atoms with Crippen LogP contribution < -0.4 is 4.90 Å². The molecule has 2 aromatic carbocycles. The maximum atomic E-state index is 12.8. The van der Waals surface area contributed by atoms with Crippen molar-refractivity contribution < 1.29 is 9.90 Å². The van der Waals surface area contributed by atoms with Gasteiger partial charge in [0.25, 0.3) is 5.91 Å². The smallest absolute Gasteiger partial charge is 0.254 e. The molecule has 0 radical (unpaired) electrons. The van der Waals surface area contributed by atoms with Crippen LogP contribution in [-0.4, -0.2) is 41.1 Å². The van der Waals surface area contributed by atoms with Crippen LogP contribution in [0.1, 0.15) is 56.5 Å². The van der Waals surface area contributed by atoms with Gasteiger partial charge in [0.15, 0.2) is 0 Å². The molecule has 0 atom stereocenters. The predicted molar refractivity (Wildman–Crippen MR) is 120 cm³/mol. The zero-order valence-electron chi connectivity index (χ0n) is 17.9. The fourth-order valence-electron chi connectivity index (χ4n) is 4.06. The van der Waals surface area contributed by atoms with Crippen LogP contribution in [0.5, 0.6) is 5.75 Å². The first-order valence-electron chi connectivity index (χ1n) is 10.5. The summed E-state index contributed by atoms with van der Waals surface area (Å²) < 4.78 is 0. The van der Waals surface area contributed by atoms with Crippen molar-refractivity contribution in [3.05, 3.63) is 65.2 Å². The number of phenols is 1. The van der Waals surface area contributed by atoms with E-state index in [-0.39, 0.29) is 18.0 Å². The van der Waals surface area contributed by atoms with Gasteiger partial charge in [-0.1, -0.05) is 29.8 Å². The number of nitrogens with zero attached hydrogens (tertiary/aromatic N) is 2. The quantitative estimate of drug-likeness (QED) is 0.747. The third-order valence-electron chi connectivity index (χ3n) is 5.48. The van der Waals surface area contributed by atoms with Gasteiger partial charge in [0.05, 0.1) is 0 Å². The van der Waals surface area contributed by atoms with Crippen LogP contribution in [-0.2, 0) is 0 Å². The Bertz CT molecular complexity index is 851. The average Bonchev–Trinajstić information content (AvgIpc) is 2.68. The Balaban J connectivity index is 1.64. The molecule has 0 spiro atoms. The Morgan fingerprint density at radius 3 is 2.17 bits per heavy atom. The molecule has 0 aliphatic carbocycles. The minimum atomic E-state index is 0.0913. The lowest BCUT2D eigenvalue weighted by atomic mass is 9.99. The molecular weight excluding hydrogens is 360 g/mol. The Kier molecular flexibility index (Phi) is 6.63. The van der Waals surface area contributed by atoms with Gasteiger partial charge in [0.1, 0.15) is 5.75 Å². The van der Waals surface area contributed by atoms with Crippen LogP contribution in [0.15, 0.2) is 54.1 Å². The first-order chi connectivity index (χ1) is 13.8. The van der Waals surface area contributed by atoms with Crippen LogP contribution in [0.25, 0.3) is 6.08 Å². The fourth-order valence-corrected chi connectivity index (χ4v) is 4.06. The van der Waals surface area contributed by atoms with E-state index in [1.807, 2.05) is 47.4 Å². The van der Waals surface area contributed by atoms with Crippen LogP contribution in [0.4, 0.5) is 5.69 Å². The molecule has 0 aromatic heterocycles. The highest BCUT2D eigenvalue weighted by atomic mass is 16.3. The maximum Gasteiger partial charge on any atom is 0.254 e. The largest absolute Gasteiger partial charge is 0.508 e. The van der Waals surface area contributed by atoms with Crippen molar-refractivity contribution in [2.75, 3.05) is 18.0 Å². The molecule has 1 aliphatic heterocycles. The number of anilines is 1. The Morgan fingerprint density at radius 1 is 1.00 bits per heavy atom.